The summed E-state index contributed by atoms with van der Waals surface area (Å²) in [5.74, 6) is -0.732. The molecule has 1 N–H and O–H groups in total. The molecule has 0 radical (unpaired) electrons. The molecular weight excluding hydrogens is 315 g/mol. The van der Waals surface area contributed by atoms with E-state index in [1.165, 1.54) is 24.4 Å². The molecule has 1 heterocycles. The van der Waals surface area contributed by atoms with Crippen LogP contribution in [0.2, 0.25) is 0 Å². The van der Waals surface area contributed by atoms with Crippen LogP contribution in [0.5, 0.6) is 5.75 Å². The average molecular weight is 324 g/mol. The number of halogens is 3. The maximum atomic E-state index is 12.9. The lowest BCUT2D eigenvalue weighted by atomic mass is 10.0. The summed E-state index contributed by atoms with van der Waals surface area (Å²) in [7, 11) is 1.36. The van der Waals surface area contributed by atoms with Crippen LogP contribution in [0.1, 0.15) is 15.9 Å². The Bertz CT molecular complexity index is 943. The first-order valence-electron chi connectivity index (χ1n) is 6.39. The zero-order chi connectivity index (χ0) is 16.8. The van der Waals surface area contributed by atoms with Gasteiger partial charge in [-0.2, -0.15) is 13.2 Å². The SMILES string of the molecule is COc1ccc(C(=O)[NH+]=O)c2c1oc1ccc(C(F)(F)F)cc12. The number of fused-ring (bicyclic) bond motifs is 3. The summed E-state index contributed by atoms with van der Waals surface area (Å²) < 4.78 is 49.3. The predicted molar refractivity (Wildman–Crippen MR) is 73.9 cm³/mol. The zero-order valence-electron chi connectivity index (χ0n) is 11.7. The van der Waals surface area contributed by atoms with Crippen LogP contribution in [0.3, 0.4) is 0 Å². The fraction of sp³-hybridized carbons (Fsp3) is 0.133. The highest BCUT2D eigenvalue weighted by atomic mass is 19.4. The van der Waals surface area contributed by atoms with Crippen LogP contribution in [0.4, 0.5) is 13.2 Å². The van der Waals surface area contributed by atoms with Gasteiger partial charge >= 0.3 is 12.1 Å². The van der Waals surface area contributed by atoms with Crippen LogP contribution in [0.25, 0.3) is 21.9 Å². The fourth-order valence-corrected chi connectivity index (χ4v) is 2.44. The summed E-state index contributed by atoms with van der Waals surface area (Å²) in [6.45, 7) is 0. The molecule has 0 fully saturated rings. The Kier molecular flexibility index (Phi) is 3.32. The van der Waals surface area contributed by atoms with E-state index in [-0.39, 0.29) is 33.3 Å². The largest absolute Gasteiger partial charge is 0.493 e. The number of benzene rings is 2. The molecule has 0 bridgehead atoms. The molecule has 118 valence electrons. The van der Waals surface area contributed by atoms with E-state index in [2.05, 4.69) is 0 Å². The van der Waals surface area contributed by atoms with Crippen molar-refractivity contribution < 1.29 is 32.3 Å². The predicted octanol–water partition coefficient (Wildman–Crippen LogP) is 2.60. The Morgan fingerprint density at radius 1 is 1.22 bits per heavy atom. The second-order valence-corrected chi connectivity index (χ2v) is 4.76. The van der Waals surface area contributed by atoms with Gasteiger partial charge in [0.05, 0.1) is 17.9 Å². The molecule has 0 saturated heterocycles. The molecule has 0 atom stereocenters. The van der Waals surface area contributed by atoms with Gasteiger partial charge in [0, 0.05) is 15.7 Å². The summed E-state index contributed by atoms with van der Waals surface area (Å²) in [5.41, 5.74) is -0.724. The van der Waals surface area contributed by atoms with Gasteiger partial charge in [0.1, 0.15) is 11.1 Å². The second kappa shape index (κ2) is 5.08. The quantitative estimate of drug-likeness (QED) is 0.786. The van der Waals surface area contributed by atoms with Crippen LogP contribution in [0, 0.1) is 4.91 Å². The first-order valence-corrected chi connectivity index (χ1v) is 6.39. The minimum Gasteiger partial charge on any atom is -0.493 e. The van der Waals surface area contributed by atoms with E-state index in [9.17, 15) is 22.9 Å². The normalized spacial score (nSPS) is 11.8. The number of nitroso groups, excluding NO2 is 1. The lowest BCUT2D eigenvalue weighted by Gasteiger charge is -2.05. The van der Waals surface area contributed by atoms with E-state index in [1.807, 2.05) is 0 Å². The number of rotatable bonds is 2. The molecule has 3 rings (SSSR count). The molecule has 1 aromatic heterocycles. The third-order valence-corrected chi connectivity index (χ3v) is 3.47. The zero-order valence-corrected chi connectivity index (χ0v) is 11.7. The molecular formula is C15H9F3NO4+. The van der Waals surface area contributed by atoms with Crippen LogP contribution in [-0.4, -0.2) is 13.0 Å². The van der Waals surface area contributed by atoms with E-state index in [0.717, 1.165) is 18.2 Å². The van der Waals surface area contributed by atoms with Gasteiger partial charge in [-0.1, -0.05) is 0 Å². The smallest absolute Gasteiger partial charge is 0.463 e. The van der Waals surface area contributed by atoms with E-state index in [1.54, 1.807) is 0 Å². The van der Waals surface area contributed by atoms with Crippen molar-refractivity contribution in [2.45, 2.75) is 6.18 Å². The van der Waals surface area contributed by atoms with E-state index in [0.29, 0.717) is 0 Å². The standard InChI is InChI=1S/C15H8F3NO4/c1-22-11-5-3-8(14(20)19-21)12-9-6-7(15(16,17)18)2-4-10(9)23-13(11)12/h2-6H,1H3/p+1. The Labute approximate surface area is 126 Å². The molecule has 3 aromatic rings. The molecule has 8 heteroatoms. The number of nitrogens with one attached hydrogen (secondary N) is 1. The number of alkyl halides is 3. The summed E-state index contributed by atoms with van der Waals surface area (Å²) >= 11 is 0. The summed E-state index contributed by atoms with van der Waals surface area (Å²) in [6, 6.07) is 5.62. The van der Waals surface area contributed by atoms with Gasteiger partial charge in [0.25, 0.3) is 0 Å². The van der Waals surface area contributed by atoms with Gasteiger partial charge in [0.15, 0.2) is 11.3 Å². The van der Waals surface area contributed by atoms with Crippen molar-refractivity contribution in [3.8, 4) is 5.75 Å². The first-order chi connectivity index (χ1) is 10.9. The Balaban J connectivity index is 2.46. The molecule has 0 unspecified atom stereocenters. The number of hydrogen-bond donors (Lipinski definition) is 1. The fourth-order valence-electron chi connectivity index (χ4n) is 2.44. The van der Waals surface area contributed by atoms with Crippen LogP contribution >= 0.6 is 0 Å². The molecule has 0 aliphatic heterocycles. The number of ether oxygens (including phenoxy) is 1. The van der Waals surface area contributed by atoms with Gasteiger partial charge in [-0.05, 0) is 30.3 Å². The number of furan rings is 1. The van der Waals surface area contributed by atoms with Crippen LogP contribution in [-0.2, 0) is 6.18 Å². The first kappa shape index (κ1) is 15.0. The average Bonchev–Trinajstić information content (AvgIpc) is 2.91. The summed E-state index contributed by atoms with van der Waals surface area (Å²) in [4.78, 5) is 22.4. The minimum atomic E-state index is -4.54. The van der Waals surface area contributed by atoms with Gasteiger partial charge in [-0.3, -0.25) is 0 Å². The highest BCUT2D eigenvalue weighted by Crippen LogP contribution is 2.39. The molecule has 0 spiro atoms. The Hall–Kier alpha value is -2.90. The number of carbonyl (C=O) groups excluding carboxylic acids is 1. The van der Waals surface area contributed by atoms with Crippen molar-refractivity contribution >= 4 is 27.8 Å². The van der Waals surface area contributed by atoms with Crippen molar-refractivity contribution in [3.05, 3.63) is 46.4 Å². The molecule has 5 nitrogen and oxygen atoms in total. The van der Waals surface area contributed by atoms with Gasteiger partial charge < -0.3 is 9.15 Å². The minimum absolute atomic E-state index is 0.0762. The highest BCUT2D eigenvalue weighted by Gasteiger charge is 2.32. The Morgan fingerprint density at radius 2 is 1.96 bits per heavy atom. The van der Waals surface area contributed by atoms with Crippen LogP contribution in [0.15, 0.2) is 34.7 Å². The molecule has 0 aliphatic rings. The number of hydrogen-bond acceptors (Lipinski definition) is 4. The van der Waals surface area contributed by atoms with E-state index < -0.39 is 17.6 Å². The van der Waals surface area contributed by atoms with Crippen molar-refractivity contribution in [1.29, 1.82) is 0 Å². The van der Waals surface area contributed by atoms with Gasteiger partial charge in [-0.15, -0.1) is 0 Å². The molecule has 1 amide bonds. The monoisotopic (exact) mass is 324 g/mol. The van der Waals surface area contributed by atoms with Crippen molar-refractivity contribution in [3.63, 3.8) is 0 Å². The maximum absolute atomic E-state index is 12.9. The summed E-state index contributed by atoms with van der Waals surface area (Å²) in [6.07, 6.45) is -4.54. The molecule has 0 saturated carbocycles. The molecule has 0 aliphatic carbocycles. The Morgan fingerprint density at radius 3 is 2.57 bits per heavy atom. The van der Waals surface area contributed by atoms with Crippen molar-refractivity contribution in [2.75, 3.05) is 7.11 Å². The molecule has 23 heavy (non-hydrogen) atoms. The van der Waals surface area contributed by atoms with Crippen molar-refractivity contribution in [1.82, 2.24) is 0 Å². The lowest BCUT2D eigenvalue weighted by molar-refractivity contribution is -0.369. The lowest BCUT2D eigenvalue weighted by Crippen LogP contribution is -2.69. The number of amides is 1. The van der Waals surface area contributed by atoms with E-state index in [4.69, 9.17) is 9.15 Å². The molecule has 2 aromatic carbocycles. The van der Waals surface area contributed by atoms with Gasteiger partial charge in [-0.25, -0.2) is 4.79 Å². The van der Waals surface area contributed by atoms with Gasteiger partial charge in [0.2, 0.25) is 0 Å². The number of carbonyl (C=O) groups is 1. The van der Waals surface area contributed by atoms with Crippen molar-refractivity contribution in [2.24, 2.45) is 0 Å². The van der Waals surface area contributed by atoms with Crippen LogP contribution < -0.4 is 9.91 Å². The highest BCUT2D eigenvalue weighted by molar-refractivity contribution is 6.16. The second-order valence-electron chi connectivity index (χ2n) is 4.76. The van der Waals surface area contributed by atoms with E-state index >= 15 is 0 Å². The third kappa shape index (κ3) is 2.32. The maximum Gasteiger partial charge on any atom is 0.463 e. The summed E-state index contributed by atoms with van der Waals surface area (Å²) in [5, 5.41) is 1.39. The topological polar surface area (TPSA) is 70.5 Å². The number of methoxy groups -OCH3 is 1. The third-order valence-electron chi connectivity index (χ3n) is 3.47.